The van der Waals surface area contributed by atoms with E-state index in [-0.39, 0.29) is 54.4 Å². The van der Waals surface area contributed by atoms with Crippen LogP contribution in [0.3, 0.4) is 0 Å². The number of benzene rings is 1. The Morgan fingerprint density at radius 1 is 1.06 bits per heavy atom. The summed E-state index contributed by atoms with van der Waals surface area (Å²) in [5, 5.41) is 12.0. The van der Waals surface area contributed by atoms with E-state index < -0.39 is 48.2 Å². The molecule has 2 aliphatic heterocycles. The van der Waals surface area contributed by atoms with Crippen molar-refractivity contribution in [1.82, 2.24) is 20.1 Å². The number of aliphatic carboxylic acids is 1. The summed E-state index contributed by atoms with van der Waals surface area (Å²) in [6.45, 7) is 4.79. The highest BCUT2D eigenvalue weighted by atomic mass is 19.3. The number of alkyl halides is 2. The number of hydrogen-bond donors (Lipinski definition) is 2. The molecular weight excluding hydrogens is 634 g/mol. The first kappa shape index (κ1) is 34.9. The highest BCUT2D eigenvalue weighted by molar-refractivity contribution is 5.98. The number of aromatic nitrogens is 1. The van der Waals surface area contributed by atoms with Crippen LogP contribution in [0, 0.1) is 11.8 Å². The SMILES string of the molecule is C[C@H](NC(=O)OC(C)(C)C)c1oc(-c2ccc(OC(F)F)c(OCC3CC3)c2)nc1C(=O)N1CCC[C@H]1C(=O)N1CCC(C(=O)O)CC1. The summed E-state index contributed by atoms with van der Waals surface area (Å²) in [7, 11) is 0. The lowest BCUT2D eigenvalue weighted by molar-refractivity contribution is -0.146. The molecule has 0 unspecified atom stereocenters. The van der Waals surface area contributed by atoms with E-state index >= 15 is 0 Å². The van der Waals surface area contributed by atoms with Crippen LogP contribution in [-0.4, -0.2) is 88.3 Å². The van der Waals surface area contributed by atoms with E-state index in [1.165, 1.54) is 23.1 Å². The zero-order valence-electron chi connectivity index (χ0n) is 27.5. The van der Waals surface area contributed by atoms with Crippen LogP contribution >= 0.6 is 0 Å². The second-order valence-electron chi connectivity index (χ2n) is 13.5. The quantitative estimate of drug-likeness (QED) is 0.322. The molecule has 2 aromatic rings. The van der Waals surface area contributed by atoms with Crippen LogP contribution in [-0.2, 0) is 14.3 Å². The predicted octanol–water partition coefficient (Wildman–Crippen LogP) is 5.25. The van der Waals surface area contributed by atoms with Crippen molar-refractivity contribution in [1.29, 1.82) is 0 Å². The van der Waals surface area contributed by atoms with Crippen LogP contribution in [0.5, 0.6) is 11.5 Å². The number of oxazole rings is 1. The number of carboxylic acid groups (broad SMARTS) is 1. The average Bonchev–Trinajstić information content (AvgIpc) is 3.52. The van der Waals surface area contributed by atoms with Crippen molar-refractivity contribution in [3.8, 4) is 23.0 Å². The first-order chi connectivity index (χ1) is 22.7. The standard InChI is InChI=1S/C33H42F2N4O9/c1-18(36-32(44)48-33(2,3)4)26-25(29(41)39-13-5-6-22(39)28(40)38-14-11-20(12-15-38)30(42)43)37-27(47-26)21-9-10-23(46-31(34)35)24(16-21)45-17-19-7-8-19/h9-10,16,18-20,22,31H,5-8,11-15,17H2,1-4H3,(H,36,44)(H,42,43)/t18-,22-/m0/s1. The van der Waals surface area contributed by atoms with Gasteiger partial charge in [0.2, 0.25) is 11.8 Å². The lowest BCUT2D eigenvalue weighted by Gasteiger charge is -2.34. The molecule has 0 bridgehead atoms. The average molecular weight is 677 g/mol. The first-order valence-corrected chi connectivity index (χ1v) is 16.2. The molecule has 2 atom stereocenters. The molecule has 0 radical (unpaired) electrons. The van der Waals surface area contributed by atoms with Gasteiger partial charge in [-0.25, -0.2) is 9.78 Å². The Balaban J connectivity index is 1.44. The van der Waals surface area contributed by atoms with Gasteiger partial charge >= 0.3 is 18.7 Å². The number of amides is 3. The number of halogens is 2. The van der Waals surface area contributed by atoms with Gasteiger partial charge < -0.3 is 38.9 Å². The Hall–Kier alpha value is -4.43. The van der Waals surface area contributed by atoms with Crippen LogP contribution in [0.2, 0.25) is 0 Å². The summed E-state index contributed by atoms with van der Waals surface area (Å²) in [4.78, 5) is 59.4. The van der Waals surface area contributed by atoms with Crippen LogP contribution in [0.15, 0.2) is 22.6 Å². The van der Waals surface area contributed by atoms with E-state index in [1.54, 1.807) is 32.6 Å². The third-order valence-corrected chi connectivity index (χ3v) is 8.52. The van der Waals surface area contributed by atoms with Crippen LogP contribution in [0.1, 0.15) is 88.5 Å². The van der Waals surface area contributed by atoms with Gasteiger partial charge in [0.15, 0.2) is 23.0 Å². The molecule has 48 heavy (non-hydrogen) atoms. The minimum absolute atomic E-state index is 0.00888. The number of ether oxygens (including phenoxy) is 3. The maximum atomic E-state index is 14.2. The molecule has 1 aliphatic carbocycles. The number of hydrogen-bond acceptors (Lipinski definition) is 9. The number of likely N-dealkylation sites (tertiary alicyclic amines) is 2. The first-order valence-electron chi connectivity index (χ1n) is 16.2. The molecule has 5 rings (SSSR count). The maximum absolute atomic E-state index is 14.2. The molecule has 15 heteroatoms. The number of nitrogens with one attached hydrogen (secondary N) is 1. The van der Waals surface area contributed by atoms with E-state index in [0.717, 1.165) is 12.8 Å². The smallest absolute Gasteiger partial charge is 0.408 e. The topological polar surface area (TPSA) is 161 Å². The maximum Gasteiger partial charge on any atom is 0.408 e. The molecule has 2 saturated heterocycles. The van der Waals surface area contributed by atoms with E-state index in [1.807, 2.05) is 0 Å². The molecule has 3 fully saturated rings. The summed E-state index contributed by atoms with van der Waals surface area (Å²) < 4.78 is 48.2. The summed E-state index contributed by atoms with van der Waals surface area (Å²) in [5.41, 5.74) is -0.621. The van der Waals surface area contributed by atoms with Gasteiger partial charge in [0.1, 0.15) is 11.6 Å². The van der Waals surface area contributed by atoms with Gasteiger partial charge in [0.25, 0.3) is 5.91 Å². The molecular formula is C33H42F2N4O9. The zero-order valence-corrected chi connectivity index (χ0v) is 27.5. The van der Waals surface area contributed by atoms with Crippen LogP contribution < -0.4 is 14.8 Å². The molecule has 1 aromatic carbocycles. The van der Waals surface area contributed by atoms with Crippen LogP contribution in [0.4, 0.5) is 13.6 Å². The summed E-state index contributed by atoms with van der Waals surface area (Å²) >= 11 is 0. The van der Waals surface area contributed by atoms with Gasteiger partial charge in [-0.3, -0.25) is 14.4 Å². The second kappa shape index (κ2) is 14.4. The third-order valence-electron chi connectivity index (χ3n) is 8.52. The van der Waals surface area contributed by atoms with E-state index in [0.29, 0.717) is 43.8 Å². The third kappa shape index (κ3) is 8.53. The monoisotopic (exact) mass is 676 g/mol. The molecule has 1 saturated carbocycles. The van der Waals surface area contributed by atoms with Gasteiger partial charge in [-0.05, 0) is 90.3 Å². The minimum Gasteiger partial charge on any atom is -0.489 e. The number of alkyl carbamates (subject to hydrolysis) is 1. The highest BCUT2D eigenvalue weighted by Crippen LogP contribution is 2.38. The van der Waals surface area contributed by atoms with Crippen molar-refractivity contribution >= 4 is 23.9 Å². The van der Waals surface area contributed by atoms with E-state index in [4.69, 9.17) is 13.9 Å². The number of piperidine rings is 1. The molecule has 3 aliphatic rings. The minimum atomic E-state index is -3.07. The molecule has 262 valence electrons. The van der Waals surface area contributed by atoms with Crippen LogP contribution in [0.25, 0.3) is 11.5 Å². The number of nitrogens with zero attached hydrogens (tertiary/aromatic N) is 3. The van der Waals surface area contributed by atoms with Gasteiger partial charge in [-0.15, -0.1) is 0 Å². The second-order valence-corrected chi connectivity index (χ2v) is 13.5. The van der Waals surface area contributed by atoms with Crippen molar-refractivity contribution in [2.45, 2.75) is 90.5 Å². The number of carboxylic acids is 1. The van der Waals surface area contributed by atoms with Crippen molar-refractivity contribution in [3.05, 3.63) is 29.7 Å². The fourth-order valence-electron chi connectivity index (χ4n) is 5.85. The summed E-state index contributed by atoms with van der Waals surface area (Å²) in [6, 6.07) is 2.51. The van der Waals surface area contributed by atoms with E-state index in [2.05, 4.69) is 15.0 Å². The zero-order chi connectivity index (χ0) is 34.7. The Morgan fingerprint density at radius 3 is 2.40 bits per heavy atom. The number of carbonyl (C=O) groups is 4. The summed E-state index contributed by atoms with van der Waals surface area (Å²) in [5.74, 6) is -2.06. The van der Waals surface area contributed by atoms with Crippen molar-refractivity contribution in [3.63, 3.8) is 0 Å². The van der Waals surface area contributed by atoms with Crippen molar-refractivity contribution < 1.29 is 51.7 Å². The Labute approximate surface area is 276 Å². The van der Waals surface area contributed by atoms with Gasteiger partial charge in [0, 0.05) is 25.2 Å². The van der Waals surface area contributed by atoms with Crippen molar-refractivity contribution in [2.75, 3.05) is 26.2 Å². The van der Waals surface area contributed by atoms with Gasteiger partial charge in [0.05, 0.1) is 18.6 Å². The molecule has 1 aromatic heterocycles. The largest absolute Gasteiger partial charge is 0.489 e. The fraction of sp³-hybridized carbons (Fsp3) is 0.606. The molecule has 0 spiro atoms. The fourth-order valence-corrected chi connectivity index (χ4v) is 5.85. The lowest BCUT2D eigenvalue weighted by Crippen LogP contribution is -2.50. The molecule has 3 heterocycles. The van der Waals surface area contributed by atoms with Gasteiger partial charge in [-0.1, -0.05) is 0 Å². The Kier molecular flexibility index (Phi) is 10.4. The Bertz CT molecular complexity index is 1510. The molecule has 3 amide bonds. The van der Waals surface area contributed by atoms with E-state index in [9.17, 15) is 33.1 Å². The Morgan fingerprint density at radius 2 is 1.77 bits per heavy atom. The normalized spacial score (nSPS) is 19.3. The number of carbonyl (C=O) groups excluding carboxylic acids is 3. The molecule has 13 nitrogen and oxygen atoms in total. The lowest BCUT2D eigenvalue weighted by atomic mass is 9.96. The predicted molar refractivity (Wildman–Crippen MR) is 166 cm³/mol. The van der Waals surface area contributed by atoms with Gasteiger partial charge in [-0.2, -0.15) is 8.78 Å². The molecule has 2 N–H and O–H groups in total. The summed E-state index contributed by atoms with van der Waals surface area (Å²) in [6.07, 6.45) is 2.84. The van der Waals surface area contributed by atoms with Crippen molar-refractivity contribution in [2.24, 2.45) is 11.8 Å². The highest BCUT2D eigenvalue weighted by Gasteiger charge is 2.41. The number of rotatable bonds is 11.